The third-order valence-electron chi connectivity index (χ3n) is 2.42. The molecule has 0 saturated heterocycles. The minimum absolute atomic E-state index is 0.0738. The van der Waals surface area contributed by atoms with Crippen molar-refractivity contribution in [3.8, 4) is 0 Å². The largest absolute Gasteiger partial charge is 0.416 e. The van der Waals surface area contributed by atoms with Gasteiger partial charge in [-0.15, -0.1) is 11.6 Å². The SMILES string of the molecule is FC(F)(F)c1cc(CCl)c2ccccc2c1. The van der Waals surface area contributed by atoms with Crippen LogP contribution in [0.5, 0.6) is 0 Å². The van der Waals surface area contributed by atoms with Crippen LogP contribution in [0.4, 0.5) is 13.2 Å². The quantitative estimate of drug-likeness (QED) is 0.643. The molecule has 0 aliphatic rings. The smallest absolute Gasteiger partial charge is 0.166 e. The second-order valence-corrected chi connectivity index (χ2v) is 3.76. The number of hydrogen-bond donors (Lipinski definition) is 0. The first-order valence-corrected chi connectivity index (χ1v) is 5.20. The molecule has 16 heavy (non-hydrogen) atoms. The van der Waals surface area contributed by atoms with E-state index in [0.29, 0.717) is 10.9 Å². The Morgan fingerprint density at radius 1 is 1.06 bits per heavy atom. The zero-order valence-corrected chi connectivity index (χ0v) is 8.94. The fraction of sp³-hybridized carbons (Fsp3) is 0.167. The van der Waals surface area contributed by atoms with Gasteiger partial charge in [-0.25, -0.2) is 0 Å². The first-order valence-electron chi connectivity index (χ1n) is 4.67. The molecule has 0 heterocycles. The van der Waals surface area contributed by atoms with Crippen LogP contribution in [0, 0.1) is 0 Å². The molecule has 0 aromatic heterocycles. The molecule has 0 unspecified atom stereocenters. The molecule has 0 amide bonds. The maximum Gasteiger partial charge on any atom is 0.416 e. The van der Waals surface area contributed by atoms with Crippen molar-refractivity contribution in [1.82, 2.24) is 0 Å². The Balaban J connectivity index is 2.73. The van der Waals surface area contributed by atoms with Crippen LogP contribution in [0.1, 0.15) is 11.1 Å². The highest BCUT2D eigenvalue weighted by Crippen LogP contribution is 2.33. The highest BCUT2D eigenvalue weighted by atomic mass is 35.5. The molecule has 0 atom stereocenters. The minimum Gasteiger partial charge on any atom is -0.166 e. The predicted molar refractivity (Wildman–Crippen MR) is 58.5 cm³/mol. The molecular weight excluding hydrogens is 237 g/mol. The topological polar surface area (TPSA) is 0 Å². The Bertz CT molecular complexity index is 517. The van der Waals surface area contributed by atoms with Gasteiger partial charge in [-0.05, 0) is 28.5 Å². The lowest BCUT2D eigenvalue weighted by Crippen LogP contribution is -2.05. The van der Waals surface area contributed by atoms with Crippen molar-refractivity contribution in [3.63, 3.8) is 0 Å². The van der Waals surface area contributed by atoms with Crippen LogP contribution in [0.25, 0.3) is 10.8 Å². The van der Waals surface area contributed by atoms with Crippen LogP contribution in [-0.2, 0) is 12.1 Å². The lowest BCUT2D eigenvalue weighted by Gasteiger charge is -2.10. The molecule has 2 aromatic rings. The van der Waals surface area contributed by atoms with Gasteiger partial charge in [0.15, 0.2) is 0 Å². The highest BCUT2D eigenvalue weighted by molar-refractivity contribution is 6.18. The first-order chi connectivity index (χ1) is 7.52. The van der Waals surface area contributed by atoms with Gasteiger partial charge in [0, 0.05) is 5.88 Å². The molecule has 2 rings (SSSR count). The van der Waals surface area contributed by atoms with E-state index in [1.54, 1.807) is 24.3 Å². The van der Waals surface area contributed by atoms with Crippen molar-refractivity contribution < 1.29 is 13.2 Å². The summed E-state index contributed by atoms with van der Waals surface area (Å²) in [5.74, 6) is 0.0738. The van der Waals surface area contributed by atoms with E-state index < -0.39 is 11.7 Å². The van der Waals surface area contributed by atoms with Crippen LogP contribution < -0.4 is 0 Å². The summed E-state index contributed by atoms with van der Waals surface area (Å²) in [6.07, 6.45) is -4.33. The lowest BCUT2D eigenvalue weighted by atomic mass is 10.0. The fourth-order valence-electron chi connectivity index (χ4n) is 1.66. The van der Waals surface area contributed by atoms with E-state index in [1.807, 2.05) is 0 Å². The molecule has 0 radical (unpaired) electrons. The average molecular weight is 245 g/mol. The van der Waals surface area contributed by atoms with E-state index in [1.165, 1.54) is 0 Å². The predicted octanol–water partition coefficient (Wildman–Crippen LogP) is 4.60. The van der Waals surface area contributed by atoms with Gasteiger partial charge < -0.3 is 0 Å². The standard InChI is InChI=1S/C12H8ClF3/c13-7-9-6-10(12(14,15)16)5-8-3-1-2-4-11(8)9/h1-6H,7H2. The second-order valence-electron chi connectivity index (χ2n) is 3.49. The normalized spacial score (nSPS) is 12.0. The van der Waals surface area contributed by atoms with Crippen molar-refractivity contribution in [2.75, 3.05) is 0 Å². The molecule has 0 aliphatic carbocycles. The number of halogens is 4. The summed E-state index contributed by atoms with van der Waals surface area (Å²) < 4.78 is 37.8. The molecule has 0 saturated carbocycles. The minimum atomic E-state index is -4.33. The molecule has 2 aromatic carbocycles. The Morgan fingerprint density at radius 2 is 1.75 bits per heavy atom. The summed E-state index contributed by atoms with van der Waals surface area (Å²) >= 11 is 5.66. The molecule has 0 spiro atoms. The number of alkyl halides is 4. The molecule has 0 aliphatic heterocycles. The van der Waals surface area contributed by atoms with Gasteiger partial charge in [-0.2, -0.15) is 13.2 Å². The Labute approximate surface area is 95.6 Å². The molecule has 0 bridgehead atoms. The van der Waals surface area contributed by atoms with Crippen LogP contribution in [-0.4, -0.2) is 0 Å². The second kappa shape index (κ2) is 3.98. The summed E-state index contributed by atoms with van der Waals surface area (Å²) in [6.45, 7) is 0. The van der Waals surface area contributed by atoms with Crippen molar-refractivity contribution in [2.45, 2.75) is 12.1 Å². The van der Waals surface area contributed by atoms with Gasteiger partial charge in [0.2, 0.25) is 0 Å². The van der Waals surface area contributed by atoms with Crippen LogP contribution in [0.2, 0.25) is 0 Å². The van der Waals surface area contributed by atoms with Crippen molar-refractivity contribution in [2.24, 2.45) is 0 Å². The number of hydrogen-bond acceptors (Lipinski definition) is 0. The third-order valence-corrected chi connectivity index (χ3v) is 2.71. The molecule has 84 valence electrons. The Kier molecular flexibility index (Phi) is 2.80. The van der Waals surface area contributed by atoms with Crippen molar-refractivity contribution in [1.29, 1.82) is 0 Å². The Hall–Kier alpha value is -1.22. The van der Waals surface area contributed by atoms with Crippen LogP contribution in [0.3, 0.4) is 0 Å². The van der Waals surface area contributed by atoms with Crippen molar-refractivity contribution in [3.05, 3.63) is 47.5 Å². The Morgan fingerprint density at radius 3 is 2.38 bits per heavy atom. The number of benzene rings is 2. The van der Waals surface area contributed by atoms with E-state index >= 15 is 0 Å². The van der Waals surface area contributed by atoms with E-state index in [2.05, 4.69) is 0 Å². The van der Waals surface area contributed by atoms with Crippen LogP contribution >= 0.6 is 11.6 Å². The lowest BCUT2D eigenvalue weighted by molar-refractivity contribution is -0.137. The summed E-state index contributed by atoms with van der Waals surface area (Å²) in [4.78, 5) is 0. The zero-order chi connectivity index (χ0) is 11.8. The maximum absolute atomic E-state index is 12.6. The number of rotatable bonds is 1. The van der Waals surface area contributed by atoms with E-state index in [-0.39, 0.29) is 5.88 Å². The van der Waals surface area contributed by atoms with Crippen molar-refractivity contribution >= 4 is 22.4 Å². The fourth-order valence-corrected chi connectivity index (χ4v) is 1.89. The van der Waals surface area contributed by atoms with E-state index in [0.717, 1.165) is 17.5 Å². The molecule has 0 nitrogen and oxygen atoms in total. The van der Waals surface area contributed by atoms with E-state index in [9.17, 15) is 13.2 Å². The summed E-state index contributed by atoms with van der Waals surface area (Å²) in [5.41, 5.74) is -0.144. The van der Waals surface area contributed by atoms with E-state index in [4.69, 9.17) is 11.6 Å². The zero-order valence-electron chi connectivity index (χ0n) is 8.18. The third kappa shape index (κ3) is 2.00. The van der Waals surface area contributed by atoms with Gasteiger partial charge in [0.1, 0.15) is 0 Å². The van der Waals surface area contributed by atoms with Gasteiger partial charge >= 0.3 is 6.18 Å². The summed E-state index contributed by atoms with van der Waals surface area (Å²) in [7, 11) is 0. The molecule has 0 N–H and O–H groups in total. The molecular formula is C12H8ClF3. The summed E-state index contributed by atoms with van der Waals surface area (Å²) in [6, 6.07) is 9.17. The average Bonchev–Trinajstić information content (AvgIpc) is 2.26. The number of fused-ring (bicyclic) bond motifs is 1. The monoisotopic (exact) mass is 244 g/mol. The highest BCUT2D eigenvalue weighted by Gasteiger charge is 2.31. The summed E-state index contributed by atoms with van der Waals surface area (Å²) in [5, 5.41) is 1.33. The first kappa shape index (κ1) is 11.3. The van der Waals surface area contributed by atoms with Crippen LogP contribution in [0.15, 0.2) is 36.4 Å². The maximum atomic E-state index is 12.6. The van der Waals surface area contributed by atoms with Gasteiger partial charge in [0.25, 0.3) is 0 Å². The van der Waals surface area contributed by atoms with Gasteiger partial charge in [0.05, 0.1) is 5.56 Å². The van der Waals surface area contributed by atoms with Gasteiger partial charge in [-0.3, -0.25) is 0 Å². The van der Waals surface area contributed by atoms with Gasteiger partial charge in [-0.1, -0.05) is 24.3 Å². The molecule has 0 fully saturated rings. The molecule has 4 heteroatoms.